The molecule has 0 radical (unpaired) electrons. The Bertz CT molecular complexity index is 977. The van der Waals surface area contributed by atoms with Crippen LogP contribution in [0.25, 0.3) is 0 Å². The van der Waals surface area contributed by atoms with Gasteiger partial charge in [0.2, 0.25) is 18.6 Å². The average Bonchev–Trinajstić information content (AvgIpc) is 3.41. The molecule has 31 heavy (non-hydrogen) atoms. The third-order valence-electron chi connectivity index (χ3n) is 5.61. The van der Waals surface area contributed by atoms with Crippen LogP contribution in [0.2, 0.25) is 0 Å². The highest BCUT2D eigenvalue weighted by Crippen LogP contribution is 2.32. The Kier molecular flexibility index (Phi) is 6.16. The second-order valence-corrected chi connectivity index (χ2v) is 7.59. The first-order chi connectivity index (χ1) is 15.1. The Balaban J connectivity index is 1.28. The Hall–Kier alpha value is -3.42. The molecule has 0 saturated carbocycles. The normalized spacial score (nSPS) is 17.0. The summed E-state index contributed by atoms with van der Waals surface area (Å²) in [6.07, 6.45) is 0.913. The van der Waals surface area contributed by atoms with E-state index in [2.05, 4.69) is 5.32 Å². The smallest absolute Gasteiger partial charge is 0.231 e. The van der Waals surface area contributed by atoms with E-state index in [0.29, 0.717) is 49.1 Å². The molecule has 1 fully saturated rings. The van der Waals surface area contributed by atoms with Gasteiger partial charge in [-0.1, -0.05) is 12.1 Å². The van der Waals surface area contributed by atoms with E-state index in [0.717, 1.165) is 11.1 Å². The van der Waals surface area contributed by atoms with Gasteiger partial charge in [-0.25, -0.2) is 0 Å². The summed E-state index contributed by atoms with van der Waals surface area (Å²) in [5.74, 6) is 2.28. The number of fused-ring (bicyclic) bond motifs is 1. The number of nitrogens with zero attached hydrogens (tertiary/aromatic N) is 1. The second kappa shape index (κ2) is 9.16. The molecule has 8 heteroatoms. The minimum Gasteiger partial charge on any atom is -0.493 e. The summed E-state index contributed by atoms with van der Waals surface area (Å²) in [5.41, 5.74) is 1.97. The minimum absolute atomic E-state index is 0.00343. The highest BCUT2D eigenvalue weighted by molar-refractivity contribution is 5.89. The molecule has 0 aromatic heterocycles. The van der Waals surface area contributed by atoms with Crippen LogP contribution in [0, 0.1) is 5.92 Å². The van der Waals surface area contributed by atoms with Crippen molar-refractivity contribution in [2.45, 2.75) is 19.4 Å². The third kappa shape index (κ3) is 4.68. The maximum atomic E-state index is 12.6. The molecule has 2 amide bonds. The van der Waals surface area contributed by atoms with Gasteiger partial charge < -0.3 is 29.2 Å². The molecule has 1 N–H and O–H groups in total. The van der Waals surface area contributed by atoms with Crippen molar-refractivity contribution in [2.75, 3.05) is 34.1 Å². The standard InChI is InChI=1S/C23H26N2O6/c1-28-18-5-3-15(9-20(18)29-2)7-8-25-13-17(11-22(25)26)23(27)24-12-16-4-6-19-21(10-16)31-14-30-19/h3-6,9-10,17H,7-8,11-14H2,1-2H3,(H,24,27). The fraction of sp³-hybridized carbons (Fsp3) is 0.391. The molecule has 2 aliphatic heterocycles. The molecule has 2 heterocycles. The largest absolute Gasteiger partial charge is 0.493 e. The number of benzene rings is 2. The van der Waals surface area contributed by atoms with Crippen molar-refractivity contribution in [3.63, 3.8) is 0 Å². The van der Waals surface area contributed by atoms with Crippen LogP contribution < -0.4 is 24.3 Å². The maximum Gasteiger partial charge on any atom is 0.231 e. The number of rotatable bonds is 8. The van der Waals surface area contributed by atoms with Crippen molar-refractivity contribution in [3.05, 3.63) is 47.5 Å². The minimum atomic E-state index is -0.341. The van der Waals surface area contributed by atoms with E-state index < -0.39 is 0 Å². The lowest BCUT2D eigenvalue weighted by Gasteiger charge is -2.17. The summed E-state index contributed by atoms with van der Waals surface area (Å²) in [5, 5.41) is 2.93. The quantitative estimate of drug-likeness (QED) is 0.696. The van der Waals surface area contributed by atoms with Crippen LogP contribution in [0.3, 0.4) is 0 Å². The number of hydrogen-bond acceptors (Lipinski definition) is 6. The van der Waals surface area contributed by atoms with Crippen molar-refractivity contribution < 1.29 is 28.5 Å². The van der Waals surface area contributed by atoms with Gasteiger partial charge in [0.15, 0.2) is 23.0 Å². The van der Waals surface area contributed by atoms with Gasteiger partial charge in [-0.3, -0.25) is 9.59 Å². The molecule has 0 bridgehead atoms. The number of carbonyl (C=O) groups excluding carboxylic acids is 2. The van der Waals surface area contributed by atoms with E-state index in [1.165, 1.54) is 0 Å². The lowest BCUT2D eigenvalue weighted by atomic mass is 10.1. The molecule has 4 rings (SSSR count). The zero-order valence-corrected chi connectivity index (χ0v) is 17.7. The van der Waals surface area contributed by atoms with Crippen LogP contribution in [0.1, 0.15) is 17.5 Å². The molecule has 1 atom stereocenters. The van der Waals surface area contributed by atoms with Crippen molar-refractivity contribution >= 4 is 11.8 Å². The van der Waals surface area contributed by atoms with Gasteiger partial charge in [0, 0.05) is 26.1 Å². The van der Waals surface area contributed by atoms with Gasteiger partial charge in [-0.15, -0.1) is 0 Å². The van der Waals surface area contributed by atoms with Gasteiger partial charge in [0.25, 0.3) is 0 Å². The van der Waals surface area contributed by atoms with E-state index >= 15 is 0 Å². The Morgan fingerprint density at radius 3 is 2.65 bits per heavy atom. The van der Waals surface area contributed by atoms with E-state index in [4.69, 9.17) is 18.9 Å². The van der Waals surface area contributed by atoms with Crippen LogP contribution in [0.5, 0.6) is 23.0 Å². The predicted octanol–water partition coefficient (Wildman–Crippen LogP) is 2.14. The van der Waals surface area contributed by atoms with Crippen LogP contribution in [0.15, 0.2) is 36.4 Å². The van der Waals surface area contributed by atoms with E-state index in [-0.39, 0.29) is 30.9 Å². The fourth-order valence-corrected chi connectivity index (χ4v) is 3.85. The van der Waals surface area contributed by atoms with E-state index in [9.17, 15) is 9.59 Å². The van der Waals surface area contributed by atoms with Crippen LogP contribution in [-0.4, -0.2) is 50.8 Å². The zero-order chi connectivity index (χ0) is 21.8. The van der Waals surface area contributed by atoms with Crippen molar-refractivity contribution in [1.29, 1.82) is 0 Å². The summed E-state index contributed by atoms with van der Waals surface area (Å²) in [6.45, 7) is 1.58. The maximum absolute atomic E-state index is 12.6. The first kappa shape index (κ1) is 20.8. The van der Waals surface area contributed by atoms with Gasteiger partial charge in [-0.2, -0.15) is 0 Å². The Morgan fingerprint density at radius 2 is 1.84 bits per heavy atom. The molecular weight excluding hydrogens is 400 g/mol. The van der Waals surface area contributed by atoms with Gasteiger partial charge in [0.05, 0.1) is 20.1 Å². The summed E-state index contributed by atoms with van der Waals surface area (Å²) < 4.78 is 21.3. The highest BCUT2D eigenvalue weighted by atomic mass is 16.7. The summed E-state index contributed by atoms with van der Waals surface area (Å²) in [4.78, 5) is 26.8. The number of likely N-dealkylation sites (tertiary alicyclic amines) is 1. The molecule has 2 aromatic carbocycles. The SMILES string of the molecule is COc1ccc(CCN2CC(C(=O)NCc3ccc4c(c3)OCO4)CC2=O)cc1OC. The van der Waals surface area contributed by atoms with Crippen LogP contribution >= 0.6 is 0 Å². The van der Waals surface area contributed by atoms with Crippen molar-refractivity contribution in [3.8, 4) is 23.0 Å². The summed E-state index contributed by atoms with van der Waals surface area (Å²) >= 11 is 0. The van der Waals surface area contributed by atoms with Gasteiger partial charge >= 0.3 is 0 Å². The lowest BCUT2D eigenvalue weighted by molar-refractivity contribution is -0.129. The highest BCUT2D eigenvalue weighted by Gasteiger charge is 2.33. The molecule has 8 nitrogen and oxygen atoms in total. The van der Waals surface area contributed by atoms with E-state index in [1.807, 2.05) is 36.4 Å². The van der Waals surface area contributed by atoms with Gasteiger partial charge in [-0.05, 0) is 41.8 Å². The molecule has 1 unspecified atom stereocenters. The average molecular weight is 426 g/mol. The van der Waals surface area contributed by atoms with Crippen molar-refractivity contribution in [1.82, 2.24) is 10.2 Å². The summed E-state index contributed by atoms with van der Waals surface area (Å²) in [7, 11) is 3.19. The lowest BCUT2D eigenvalue weighted by Crippen LogP contribution is -2.33. The fourth-order valence-electron chi connectivity index (χ4n) is 3.85. The number of nitrogens with one attached hydrogen (secondary N) is 1. The zero-order valence-electron chi connectivity index (χ0n) is 17.7. The number of amides is 2. The predicted molar refractivity (Wildman–Crippen MR) is 112 cm³/mol. The monoisotopic (exact) mass is 426 g/mol. The van der Waals surface area contributed by atoms with Crippen molar-refractivity contribution in [2.24, 2.45) is 5.92 Å². The topological polar surface area (TPSA) is 86.3 Å². The molecular formula is C23H26N2O6. The van der Waals surface area contributed by atoms with Crippen LogP contribution in [-0.2, 0) is 22.6 Å². The molecule has 2 aromatic rings. The number of hydrogen-bond donors (Lipinski definition) is 1. The molecule has 164 valence electrons. The number of carbonyl (C=O) groups is 2. The number of ether oxygens (including phenoxy) is 4. The Labute approximate surface area is 181 Å². The molecule has 1 saturated heterocycles. The van der Waals surface area contributed by atoms with Crippen LogP contribution in [0.4, 0.5) is 0 Å². The second-order valence-electron chi connectivity index (χ2n) is 7.59. The first-order valence-corrected chi connectivity index (χ1v) is 10.2. The first-order valence-electron chi connectivity index (χ1n) is 10.2. The molecule has 0 aliphatic carbocycles. The Morgan fingerprint density at radius 1 is 1.06 bits per heavy atom. The summed E-state index contributed by atoms with van der Waals surface area (Å²) in [6, 6.07) is 11.3. The molecule has 2 aliphatic rings. The third-order valence-corrected chi connectivity index (χ3v) is 5.61. The van der Waals surface area contributed by atoms with Gasteiger partial charge in [0.1, 0.15) is 0 Å². The van der Waals surface area contributed by atoms with E-state index in [1.54, 1.807) is 19.1 Å². The molecule has 0 spiro atoms. The number of methoxy groups -OCH3 is 2.